The molecule has 0 aliphatic carbocycles. The smallest absolute Gasteiger partial charge is 0.440 e. The first kappa shape index (κ1) is 25.4. The molecule has 5 rings (SSSR count). The van der Waals surface area contributed by atoms with E-state index in [1.807, 2.05) is 18.2 Å². The molecule has 0 saturated carbocycles. The Balaban J connectivity index is 1.62. The Hall–Kier alpha value is -3.29. The molecule has 0 amide bonds. The minimum atomic E-state index is -3.74. The van der Waals surface area contributed by atoms with Crippen molar-refractivity contribution in [2.45, 2.75) is 19.0 Å². The summed E-state index contributed by atoms with van der Waals surface area (Å²) in [5, 5.41) is 4.40. The molecule has 1 aliphatic rings. The first-order chi connectivity index (χ1) is 17.3. The van der Waals surface area contributed by atoms with Gasteiger partial charge in [0.2, 0.25) is 10.0 Å². The summed E-state index contributed by atoms with van der Waals surface area (Å²) in [7, 11) is 1.15. The van der Waals surface area contributed by atoms with Gasteiger partial charge in [0.15, 0.2) is 23.1 Å². The summed E-state index contributed by atoms with van der Waals surface area (Å²) in [6, 6.07) is 11.6. The minimum Gasteiger partial charge on any atom is -0.440 e. The van der Waals surface area contributed by atoms with Crippen LogP contribution in [-0.4, -0.2) is 47.9 Å². The van der Waals surface area contributed by atoms with Gasteiger partial charge >= 0.3 is 6.29 Å². The van der Waals surface area contributed by atoms with Crippen LogP contribution in [-0.2, 0) is 22.8 Å². The van der Waals surface area contributed by atoms with Gasteiger partial charge in [-0.3, -0.25) is 4.68 Å². The summed E-state index contributed by atoms with van der Waals surface area (Å²) >= 11 is 3.50. The number of alkyl halides is 2. The number of halogens is 3. The molecule has 9 nitrogen and oxygen atoms in total. The highest BCUT2D eigenvalue weighted by molar-refractivity contribution is 9.10. The monoisotopic (exact) mass is 594 g/mol. The van der Waals surface area contributed by atoms with Gasteiger partial charge < -0.3 is 13.9 Å². The maximum absolute atomic E-state index is 13.6. The summed E-state index contributed by atoms with van der Waals surface area (Å²) in [4.78, 5) is 4.51. The van der Waals surface area contributed by atoms with E-state index >= 15 is 0 Å². The molecule has 4 aromatic rings. The Morgan fingerprint density at radius 3 is 2.51 bits per heavy atom. The zero-order valence-corrected chi connectivity index (χ0v) is 22.5. The number of hydrogen-bond acceptors (Lipinski definition) is 7. The van der Waals surface area contributed by atoms with Gasteiger partial charge in [0, 0.05) is 49.2 Å². The molecule has 3 heterocycles. The van der Waals surface area contributed by atoms with Crippen LogP contribution in [0.5, 0.6) is 11.5 Å². The van der Waals surface area contributed by atoms with Crippen molar-refractivity contribution in [2.75, 3.05) is 14.1 Å². The molecule has 37 heavy (non-hydrogen) atoms. The van der Waals surface area contributed by atoms with E-state index in [4.69, 9.17) is 4.42 Å². The highest BCUT2D eigenvalue weighted by Crippen LogP contribution is 2.45. The normalized spacial score (nSPS) is 14.5. The molecule has 194 valence electrons. The van der Waals surface area contributed by atoms with Gasteiger partial charge in [0.05, 0.1) is 11.4 Å². The van der Waals surface area contributed by atoms with Crippen molar-refractivity contribution >= 4 is 26.0 Å². The molecule has 2 aromatic carbocycles. The van der Waals surface area contributed by atoms with Crippen molar-refractivity contribution in [3.8, 4) is 45.3 Å². The number of nitrogens with zero attached hydrogens (tertiary/aromatic N) is 4. The van der Waals surface area contributed by atoms with E-state index < -0.39 is 16.3 Å². The number of sulfonamides is 1. The maximum Gasteiger partial charge on any atom is 0.586 e. The second-order valence-electron chi connectivity index (χ2n) is 8.61. The first-order valence-electron chi connectivity index (χ1n) is 10.9. The van der Waals surface area contributed by atoms with Gasteiger partial charge in [-0.15, -0.1) is 8.78 Å². The Kier molecular flexibility index (Phi) is 6.12. The third-order valence-corrected chi connectivity index (χ3v) is 7.99. The standard InChI is InChI=1S/C24H21BrF2N4O5S/c1-13-28-22(14-5-8-20-21(9-14)36-24(26,27)35-20)23(34-13)18-10-15(25)6-7-17(18)19-11-16(29-31(19)4)12-37(32,33)30(2)3/h5-11H,12H2,1-4H3. The molecule has 0 N–H and O–H groups in total. The van der Waals surface area contributed by atoms with E-state index in [1.54, 1.807) is 30.8 Å². The molecule has 2 aromatic heterocycles. The quantitative estimate of drug-likeness (QED) is 0.303. The second-order valence-corrected chi connectivity index (χ2v) is 11.7. The van der Waals surface area contributed by atoms with Crippen molar-refractivity contribution in [1.82, 2.24) is 19.1 Å². The second kappa shape index (κ2) is 8.92. The van der Waals surface area contributed by atoms with Crippen molar-refractivity contribution < 1.29 is 31.1 Å². The molecule has 0 unspecified atom stereocenters. The molecule has 13 heteroatoms. The largest absolute Gasteiger partial charge is 0.586 e. The lowest BCUT2D eigenvalue weighted by atomic mass is 9.98. The number of aromatic nitrogens is 3. The average Bonchev–Trinajstić information content (AvgIpc) is 3.45. The molecular weight excluding hydrogens is 574 g/mol. The third-order valence-electron chi connectivity index (χ3n) is 5.73. The first-order valence-corrected chi connectivity index (χ1v) is 13.3. The van der Waals surface area contributed by atoms with Crippen LogP contribution in [0.15, 0.2) is 51.4 Å². The highest BCUT2D eigenvalue weighted by atomic mass is 79.9. The summed E-state index contributed by atoms with van der Waals surface area (Å²) in [5.41, 5.74) is 3.27. The fourth-order valence-corrected chi connectivity index (χ4v) is 5.13. The summed E-state index contributed by atoms with van der Waals surface area (Å²) in [6.45, 7) is 1.68. The fraction of sp³-hybridized carbons (Fsp3) is 0.250. The SMILES string of the molecule is Cc1nc(-c2ccc3c(c2)OC(F)(F)O3)c(-c2cc(Br)ccc2-c2cc(CS(=O)(=O)N(C)C)nn2C)o1. The number of benzene rings is 2. The predicted molar refractivity (Wildman–Crippen MR) is 135 cm³/mol. The van der Waals surface area contributed by atoms with Gasteiger partial charge in [-0.2, -0.15) is 5.10 Å². The van der Waals surface area contributed by atoms with Crippen LogP contribution in [0.25, 0.3) is 33.8 Å². The fourth-order valence-electron chi connectivity index (χ4n) is 3.99. The number of oxazole rings is 1. The summed E-state index contributed by atoms with van der Waals surface area (Å²) < 4.78 is 70.5. The topological polar surface area (TPSA) is 99.7 Å². The summed E-state index contributed by atoms with van der Waals surface area (Å²) in [5.74, 6) is 0.314. The maximum atomic E-state index is 13.6. The molecule has 0 bridgehead atoms. The van der Waals surface area contributed by atoms with Crippen LogP contribution in [0.3, 0.4) is 0 Å². The van der Waals surface area contributed by atoms with E-state index in [1.165, 1.54) is 26.2 Å². The van der Waals surface area contributed by atoms with Crippen LogP contribution in [0, 0.1) is 6.92 Å². The number of aryl methyl sites for hydroxylation is 2. The van der Waals surface area contributed by atoms with E-state index in [0.717, 1.165) is 8.78 Å². The summed E-state index contributed by atoms with van der Waals surface area (Å²) in [6.07, 6.45) is -3.74. The molecular formula is C24H21BrF2N4O5S. The molecule has 0 atom stereocenters. The van der Waals surface area contributed by atoms with Gasteiger partial charge in [0.25, 0.3) is 0 Å². The Morgan fingerprint density at radius 1 is 1.05 bits per heavy atom. The molecule has 1 aliphatic heterocycles. The van der Waals surface area contributed by atoms with Gasteiger partial charge in [-0.1, -0.05) is 22.0 Å². The third kappa shape index (κ3) is 4.86. The van der Waals surface area contributed by atoms with E-state index in [2.05, 4.69) is 35.5 Å². The van der Waals surface area contributed by atoms with Crippen molar-refractivity contribution in [2.24, 2.45) is 7.05 Å². The molecule has 0 radical (unpaired) electrons. The molecule has 0 saturated heterocycles. The minimum absolute atomic E-state index is 0.0752. The van der Waals surface area contributed by atoms with Gasteiger partial charge in [-0.25, -0.2) is 17.7 Å². The van der Waals surface area contributed by atoms with E-state index in [9.17, 15) is 17.2 Å². The number of ether oxygens (including phenoxy) is 2. The predicted octanol–water partition coefficient (Wildman–Crippen LogP) is 5.19. The van der Waals surface area contributed by atoms with Crippen LogP contribution in [0.4, 0.5) is 8.78 Å². The lowest BCUT2D eigenvalue weighted by Gasteiger charge is -2.10. The van der Waals surface area contributed by atoms with Crippen LogP contribution < -0.4 is 9.47 Å². The van der Waals surface area contributed by atoms with Crippen molar-refractivity contribution in [1.29, 1.82) is 0 Å². The number of fused-ring (bicyclic) bond motifs is 1. The Morgan fingerprint density at radius 2 is 1.78 bits per heavy atom. The van der Waals surface area contributed by atoms with E-state index in [-0.39, 0.29) is 17.3 Å². The lowest BCUT2D eigenvalue weighted by Crippen LogP contribution is -2.25. The lowest BCUT2D eigenvalue weighted by molar-refractivity contribution is -0.286. The average molecular weight is 595 g/mol. The van der Waals surface area contributed by atoms with Gasteiger partial charge in [0.1, 0.15) is 11.4 Å². The number of rotatable bonds is 6. The number of hydrogen-bond donors (Lipinski definition) is 0. The van der Waals surface area contributed by atoms with Crippen molar-refractivity contribution in [3.63, 3.8) is 0 Å². The Labute approximate surface area is 219 Å². The zero-order valence-electron chi connectivity index (χ0n) is 20.1. The zero-order chi connectivity index (χ0) is 26.7. The molecule has 0 spiro atoms. The van der Waals surface area contributed by atoms with Crippen LogP contribution in [0.2, 0.25) is 0 Å². The van der Waals surface area contributed by atoms with Crippen molar-refractivity contribution in [3.05, 3.63) is 58.5 Å². The van der Waals surface area contributed by atoms with E-state index in [0.29, 0.717) is 45.4 Å². The Bertz CT molecular complexity index is 1630. The van der Waals surface area contributed by atoms with Crippen LogP contribution >= 0.6 is 15.9 Å². The van der Waals surface area contributed by atoms with Gasteiger partial charge in [-0.05, 0) is 36.4 Å². The molecule has 0 fully saturated rings. The van der Waals surface area contributed by atoms with Crippen LogP contribution in [0.1, 0.15) is 11.6 Å². The highest BCUT2D eigenvalue weighted by Gasteiger charge is 2.43.